The Labute approximate surface area is 216 Å². The zero-order valence-corrected chi connectivity index (χ0v) is 21.1. The van der Waals surface area contributed by atoms with E-state index >= 15 is 0 Å². The molecule has 9 nitrogen and oxygen atoms in total. The van der Waals surface area contributed by atoms with Crippen LogP contribution in [0.15, 0.2) is 36.4 Å². The molecule has 1 aliphatic heterocycles. The van der Waals surface area contributed by atoms with Crippen LogP contribution in [0.1, 0.15) is 35.5 Å². The number of urea groups is 1. The summed E-state index contributed by atoms with van der Waals surface area (Å²) in [7, 11) is 0. The summed E-state index contributed by atoms with van der Waals surface area (Å²) in [5.74, 6) is -2.20. The summed E-state index contributed by atoms with van der Waals surface area (Å²) in [6, 6.07) is 8.36. The summed E-state index contributed by atoms with van der Waals surface area (Å²) in [6.45, 7) is 4.26. The number of amides is 3. The minimum Gasteiger partial charge on any atom is -0.395 e. The highest BCUT2D eigenvalue weighted by Crippen LogP contribution is 2.40. The molecule has 1 fully saturated rings. The third-order valence-corrected chi connectivity index (χ3v) is 7.01. The van der Waals surface area contributed by atoms with Gasteiger partial charge in [0.2, 0.25) is 0 Å². The van der Waals surface area contributed by atoms with Gasteiger partial charge in [0.15, 0.2) is 0 Å². The van der Waals surface area contributed by atoms with Crippen molar-refractivity contribution in [3.63, 3.8) is 0 Å². The third kappa shape index (κ3) is 5.71. The zero-order chi connectivity index (χ0) is 26.9. The lowest BCUT2D eigenvalue weighted by Crippen LogP contribution is -2.33. The lowest BCUT2D eigenvalue weighted by atomic mass is 9.96. The Balaban J connectivity index is 1.59. The fourth-order valence-corrected chi connectivity index (χ4v) is 5.13. The number of nitrogens with two attached hydrogens (primary N) is 1. The number of rotatable bonds is 9. The van der Waals surface area contributed by atoms with Crippen LogP contribution in [-0.4, -0.2) is 63.2 Å². The molecule has 3 aromatic rings. The van der Waals surface area contributed by atoms with Crippen LogP contribution in [0.4, 0.5) is 24.4 Å². The smallest absolute Gasteiger partial charge is 0.320 e. The highest BCUT2D eigenvalue weighted by atomic mass is 32.1. The Kier molecular flexibility index (Phi) is 7.44. The maximum Gasteiger partial charge on any atom is 0.320 e. The molecule has 1 saturated heterocycles. The topological polar surface area (TPSA) is 132 Å². The molecule has 0 unspecified atom stereocenters. The number of anilines is 2. The van der Waals surface area contributed by atoms with Crippen LogP contribution in [0.3, 0.4) is 0 Å². The van der Waals surface area contributed by atoms with E-state index < -0.39 is 23.1 Å². The average Bonchev–Trinajstić information content (AvgIpc) is 3.37. The number of carbonyl (C=O) groups is 2. The minimum absolute atomic E-state index is 0.0342. The molecule has 0 radical (unpaired) electrons. The Morgan fingerprint density at radius 1 is 1.19 bits per heavy atom. The number of aliphatic hydroxyl groups excluding tert-OH is 1. The molecule has 196 valence electrons. The van der Waals surface area contributed by atoms with Gasteiger partial charge in [-0.25, -0.2) is 18.6 Å². The molecule has 0 saturated carbocycles. The van der Waals surface area contributed by atoms with Crippen LogP contribution in [0.5, 0.6) is 0 Å². The number of thiophene rings is 1. The number of aliphatic hydroxyl groups is 2. The molecule has 12 heteroatoms. The van der Waals surface area contributed by atoms with Crippen LogP contribution in [-0.2, 0) is 12.1 Å². The number of β-amino-alcohol motifs (C(OH)–C–C–N with tert-alkyl or cyclic N) is 1. The maximum atomic E-state index is 14.9. The van der Waals surface area contributed by atoms with E-state index in [1.165, 1.54) is 19.9 Å². The molecule has 0 spiro atoms. The van der Waals surface area contributed by atoms with Gasteiger partial charge in [0, 0.05) is 24.5 Å². The predicted octanol–water partition coefficient (Wildman–Crippen LogP) is 3.39. The van der Waals surface area contributed by atoms with Crippen molar-refractivity contribution in [2.24, 2.45) is 5.73 Å². The van der Waals surface area contributed by atoms with Gasteiger partial charge in [-0.3, -0.25) is 4.79 Å². The summed E-state index contributed by atoms with van der Waals surface area (Å²) in [4.78, 5) is 32.4. The van der Waals surface area contributed by atoms with Gasteiger partial charge in [0.1, 0.15) is 22.5 Å². The maximum absolute atomic E-state index is 14.9. The number of primary amides is 1. The van der Waals surface area contributed by atoms with E-state index in [-0.39, 0.29) is 52.3 Å². The first-order valence-electron chi connectivity index (χ1n) is 11.5. The Bertz CT molecular complexity index is 1320. The van der Waals surface area contributed by atoms with Gasteiger partial charge in [-0.2, -0.15) is 0 Å². The van der Waals surface area contributed by atoms with Crippen molar-refractivity contribution in [3.05, 3.63) is 64.9 Å². The Morgan fingerprint density at radius 3 is 2.49 bits per heavy atom. The molecule has 37 heavy (non-hydrogen) atoms. The largest absolute Gasteiger partial charge is 0.395 e. The van der Waals surface area contributed by atoms with Crippen molar-refractivity contribution >= 4 is 34.1 Å². The number of hydrogen-bond acceptors (Lipinski definition) is 7. The van der Waals surface area contributed by atoms with Crippen molar-refractivity contribution in [1.82, 2.24) is 14.8 Å². The lowest BCUT2D eigenvalue weighted by Gasteiger charge is -2.18. The second-order valence-corrected chi connectivity index (χ2v) is 10.2. The first-order chi connectivity index (χ1) is 17.5. The second kappa shape index (κ2) is 10.4. The van der Waals surface area contributed by atoms with Gasteiger partial charge in [0.05, 0.1) is 35.6 Å². The van der Waals surface area contributed by atoms with Gasteiger partial charge in [0.25, 0.3) is 5.91 Å². The van der Waals surface area contributed by atoms with E-state index in [0.29, 0.717) is 24.6 Å². The molecule has 0 aliphatic carbocycles. The number of halogens is 2. The van der Waals surface area contributed by atoms with Crippen molar-refractivity contribution in [2.75, 3.05) is 31.6 Å². The first kappa shape index (κ1) is 26.5. The minimum atomic E-state index is -1.44. The highest BCUT2D eigenvalue weighted by Gasteiger charge is 2.28. The van der Waals surface area contributed by atoms with Crippen LogP contribution in [0.2, 0.25) is 0 Å². The van der Waals surface area contributed by atoms with E-state index in [4.69, 9.17) is 10.8 Å². The fourth-order valence-electron chi connectivity index (χ4n) is 4.01. The second-order valence-electron chi connectivity index (χ2n) is 9.15. The molecule has 5 N–H and O–H groups in total. The average molecular weight is 532 g/mol. The van der Waals surface area contributed by atoms with E-state index in [1.54, 1.807) is 28.0 Å². The number of nitrogens with zero attached hydrogens (tertiary/aromatic N) is 3. The van der Waals surface area contributed by atoms with Gasteiger partial charge < -0.3 is 31.1 Å². The summed E-state index contributed by atoms with van der Waals surface area (Å²) in [5, 5.41) is 22.4. The number of nitrogens with one attached hydrogen (secondary N) is 1. The standard InChI is InChI=1S/C25H27F2N5O4S/c1-25(2,36)14-10-17(26)21(18(27)11-14)19-12-16(22(28)34)23(37-19)30-20-5-3-4-15(29-20)13-32-7-6-31(8-9-33)24(32)35/h3-5,10-12,33,36H,6-9,13H2,1-2H3,(H2,28,34)(H,29,30). The monoisotopic (exact) mass is 531 g/mol. The molecular weight excluding hydrogens is 504 g/mol. The molecule has 3 amide bonds. The number of aromatic nitrogens is 1. The van der Waals surface area contributed by atoms with Crippen molar-refractivity contribution in [1.29, 1.82) is 0 Å². The summed E-state index contributed by atoms with van der Waals surface area (Å²) < 4.78 is 29.8. The number of hydrogen-bond donors (Lipinski definition) is 4. The Hall–Kier alpha value is -3.61. The molecule has 1 aliphatic rings. The summed E-state index contributed by atoms with van der Waals surface area (Å²) in [5.41, 5.74) is 4.45. The van der Waals surface area contributed by atoms with Crippen molar-refractivity contribution in [2.45, 2.75) is 26.0 Å². The van der Waals surface area contributed by atoms with Crippen LogP contribution < -0.4 is 11.1 Å². The quantitative estimate of drug-likeness (QED) is 0.335. The summed E-state index contributed by atoms with van der Waals surface area (Å²) in [6.07, 6.45) is 0. The van der Waals surface area contributed by atoms with Gasteiger partial charge in [-0.15, -0.1) is 11.3 Å². The SMILES string of the molecule is CC(C)(O)c1cc(F)c(-c2cc(C(N)=O)c(Nc3cccc(CN4CCN(CCO)C4=O)n3)s2)c(F)c1. The predicted molar refractivity (Wildman–Crippen MR) is 135 cm³/mol. The van der Waals surface area contributed by atoms with E-state index in [2.05, 4.69) is 10.3 Å². The van der Waals surface area contributed by atoms with Gasteiger partial charge >= 0.3 is 6.03 Å². The summed E-state index contributed by atoms with van der Waals surface area (Å²) >= 11 is 0.933. The van der Waals surface area contributed by atoms with E-state index in [1.807, 2.05) is 0 Å². The normalized spacial score (nSPS) is 13.9. The molecule has 4 rings (SSSR count). The molecule has 0 atom stereocenters. The fraction of sp³-hybridized carbons (Fsp3) is 0.320. The molecule has 3 heterocycles. The van der Waals surface area contributed by atoms with Gasteiger partial charge in [-0.1, -0.05) is 6.07 Å². The number of benzene rings is 1. The first-order valence-corrected chi connectivity index (χ1v) is 12.3. The number of pyridine rings is 1. The van der Waals surface area contributed by atoms with Crippen LogP contribution >= 0.6 is 11.3 Å². The van der Waals surface area contributed by atoms with Crippen LogP contribution in [0.25, 0.3) is 10.4 Å². The molecule has 0 bridgehead atoms. The number of carbonyl (C=O) groups excluding carboxylic acids is 2. The van der Waals surface area contributed by atoms with Crippen molar-refractivity contribution < 1.29 is 28.6 Å². The lowest BCUT2D eigenvalue weighted by molar-refractivity contribution is 0.0778. The van der Waals surface area contributed by atoms with Gasteiger partial charge in [-0.05, 0) is 49.7 Å². The highest BCUT2D eigenvalue weighted by molar-refractivity contribution is 7.20. The molecular formula is C25H27F2N5O4S. The van der Waals surface area contributed by atoms with Crippen molar-refractivity contribution in [3.8, 4) is 10.4 Å². The molecule has 2 aromatic heterocycles. The van der Waals surface area contributed by atoms with Crippen LogP contribution in [0, 0.1) is 11.6 Å². The van der Waals surface area contributed by atoms with E-state index in [0.717, 1.165) is 23.5 Å². The van der Waals surface area contributed by atoms with E-state index in [9.17, 15) is 23.5 Å². The zero-order valence-electron chi connectivity index (χ0n) is 20.3. The molecule has 1 aromatic carbocycles. The third-order valence-electron chi connectivity index (χ3n) is 5.94. The Morgan fingerprint density at radius 2 is 1.86 bits per heavy atom.